The van der Waals surface area contributed by atoms with E-state index in [1.807, 2.05) is 0 Å². The Labute approximate surface area is 107 Å². The van der Waals surface area contributed by atoms with Crippen molar-refractivity contribution in [1.82, 2.24) is 0 Å². The lowest BCUT2D eigenvalue weighted by Crippen LogP contribution is -1.85. The number of alkyl halides is 1. The van der Waals surface area contributed by atoms with Crippen LogP contribution in [0, 0.1) is 0 Å². The van der Waals surface area contributed by atoms with Gasteiger partial charge in [0.2, 0.25) is 0 Å². The summed E-state index contributed by atoms with van der Waals surface area (Å²) in [5.74, 6) is 0.827. The minimum absolute atomic E-state index is 0.363. The zero-order chi connectivity index (χ0) is 11.9. The number of halogens is 1. The molecule has 0 fully saturated rings. The molecule has 0 spiro atoms. The van der Waals surface area contributed by atoms with Crippen LogP contribution in [0.2, 0.25) is 0 Å². The molecule has 2 heteroatoms. The summed E-state index contributed by atoms with van der Waals surface area (Å²) in [6.07, 6.45) is 15.7. The van der Waals surface area contributed by atoms with Gasteiger partial charge in [0.05, 0.1) is 0 Å². The summed E-state index contributed by atoms with van der Waals surface area (Å²) in [4.78, 5) is 0. The second kappa shape index (κ2) is 15.2. The second-order valence-corrected chi connectivity index (χ2v) is 5.03. The molecule has 0 heterocycles. The van der Waals surface area contributed by atoms with Gasteiger partial charge in [-0.05, 0) is 12.8 Å². The second-order valence-electron chi connectivity index (χ2n) is 4.66. The molecule has 0 aromatic carbocycles. The Bertz CT molecular complexity index is 103. The topological polar surface area (TPSA) is 20.2 Å². The first-order chi connectivity index (χ1) is 7.91. The van der Waals surface area contributed by atoms with E-state index in [-0.39, 0.29) is 0 Å². The van der Waals surface area contributed by atoms with E-state index in [0.29, 0.717) is 6.61 Å². The quantitative estimate of drug-likeness (QED) is 0.363. The first kappa shape index (κ1) is 16.2. The van der Waals surface area contributed by atoms with Crippen molar-refractivity contribution in [3.05, 3.63) is 0 Å². The molecule has 0 aromatic rings. The Kier molecular flexibility index (Phi) is 15.5. The van der Waals surface area contributed by atoms with Crippen LogP contribution >= 0.6 is 11.6 Å². The van der Waals surface area contributed by atoms with Crippen molar-refractivity contribution in [2.45, 2.75) is 77.0 Å². The van der Waals surface area contributed by atoms with Crippen molar-refractivity contribution in [1.29, 1.82) is 0 Å². The van der Waals surface area contributed by atoms with E-state index in [1.54, 1.807) is 0 Å². The summed E-state index contributed by atoms with van der Waals surface area (Å²) >= 11 is 5.62. The van der Waals surface area contributed by atoms with Gasteiger partial charge in [0.1, 0.15) is 0 Å². The van der Waals surface area contributed by atoms with Crippen LogP contribution in [0.25, 0.3) is 0 Å². The third-order valence-electron chi connectivity index (χ3n) is 3.04. The molecule has 16 heavy (non-hydrogen) atoms. The van der Waals surface area contributed by atoms with Crippen LogP contribution in [0.4, 0.5) is 0 Å². The van der Waals surface area contributed by atoms with Gasteiger partial charge in [-0.2, -0.15) is 0 Å². The van der Waals surface area contributed by atoms with E-state index in [9.17, 15) is 0 Å². The normalized spacial score (nSPS) is 10.9. The number of unbranched alkanes of at least 4 members (excludes halogenated alkanes) is 11. The average Bonchev–Trinajstić information content (AvgIpc) is 2.31. The monoisotopic (exact) mass is 248 g/mol. The Morgan fingerprint density at radius 1 is 0.500 bits per heavy atom. The Morgan fingerprint density at radius 2 is 0.812 bits per heavy atom. The summed E-state index contributed by atoms with van der Waals surface area (Å²) in [5.41, 5.74) is 0. The third kappa shape index (κ3) is 14.2. The molecule has 0 aliphatic carbocycles. The molecule has 0 radical (unpaired) electrons. The molecule has 0 saturated carbocycles. The minimum Gasteiger partial charge on any atom is -0.396 e. The van der Waals surface area contributed by atoms with Crippen molar-refractivity contribution in [3.63, 3.8) is 0 Å². The van der Waals surface area contributed by atoms with Gasteiger partial charge in [-0.1, -0.05) is 64.2 Å². The molecule has 0 aromatic heterocycles. The molecule has 0 atom stereocenters. The van der Waals surface area contributed by atoms with Crippen molar-refractivity contribution >= 4 is 11.6 Å². The van der Waals surface area contributed by atoms with E-state index < -0.39 is 0 Å². The molecule has 0 unspecified atom stereocenters. The average molecular weight is 249 g/mol. The summed E-state index contributed by atoms with van der Waals surface area (Å²) in [6.45, 7) is 0.363. The minimum atomic E-state index is 0.363. The predicted octanol–water partition coefficient (Wildman–Crippen LogP) is 4.90. The predicted molar refractivity (Wildman–Crippen MR) is 73.2 cm³/mol. The van der Waals surface area contributed by atoms with Crippen LogP contribution in [0.5, 0.6) is 0 Å². The lowest BCUT2D eigenvalue weighted by atomic mass is 10.1. The van der Waals surface area contributed by atoms with Crippen LogP contribution < -0.4 is 0 Å². The molecule has 0 rings (SSSR count). The Hall–Kier alpha value is 0.250. The van der Waals surface area contributed by atoms with E-state index in [0.717, 1.165) is 12.3 Å². The van der Waals surface area contributed by atoms with Gasteiger partial charge in [0.25, 0.3) is 0 Å². The van der Waals surface area contributed by atoms with E-state index in [2.05, 4.69) is 0 Å². The summed E-state index contributed by atoms with van der Waals surface area (Å²) < 4.78 is 0. The number of aliphatic hydroxyl groups excluding tert-OH is 1. The third-order valence-corrected chi connectivity index (χ3v) is 3.31. The zero-order valence-corrected chi connectivity index (χ0v) is 11.5. The molecule has 1 nitrogen and oxygen atoms in total. The maximum absolute atomic E-state index is 8.62. The smallest absolute Gasteiger partial charge is 0.0431 e. The van der Waals surface area contributed by atoms with Gasteiger partial charge >= 0.3 is 0 Å². The standard InChI is InChI=1S/C14H29ClO/c15-13-11-9-7-5-3-1-2-4-6-8-10-12-14-16/h16H,1-14H2. The van der Waals surface area contributed by atoms with Crippen LogP contribution in [-0.4, -0.2) is 17.6 Å². The summed E-state index contributed by atoms with van der Waals surface area (Å²) in [5, 5.41) is 8.62. The van der Waals surface area contributed by atoms with Crippen molar-refractivity contribution < 1.29 is 5.11 Å². The highest BCUT2D eigenvalue weighted by Gasteiger charge is 1.93. The summed E-state index contributed by atoms with van der Waals surface area (Å²) in [7, 11) is 0. The molecular formula is C14H29ClO. The first-order valence-corrected chi connectivity index (χ1v) is 7.62. The number of rotatable bonds is 13. The van der Waals surface area contributed by atoms with Gasteiger partial charge in [0.15, 0.2) is 0 Å². The molecule has 0 aliphatic heterocycles. The van der Waals surface area contributed by atoms with Gasteiger partial charge in [0, 0.05) is 12.5 Å². The first-order valence-electron chi connectivity index (χ1n) is 7.08. The Morgan fingerprint density at radius 3 is 1.12 bits per heavy atom. The fraction of sp³-hybridized carbons (Fsp3) is 1.00. The maximum atomic E-state index is 8.62. The molecule has 0 bridgehead atoms. The van der Waals surface area contributed by atoms with E-state index in [4.69, 9.17) is 16.7 Å². The summed E-state index contributed by atoms with van der Waals surface area (Å²) in [6, 6.07) is 0. The molecule has 0 saturated heterocycles. The van der Waals surface area contributed by atoms with Crippen LogP contribution in [0.15, 0.2) is 0 Å². The van der Waals surface area contributed by atoms with Crippen LogP contribution in [0.3, 0.4) is 0 Å². The van der Waals surface area contributed by atoms with Gasteiger partial charge in [-0.15, -0.1) is 11.6 Å². The zero-order valence-electron chi connectivity index (χ0n) is 10.7. The highest BCUT2D eigenvalue weighted by Crippen LogP contribution is 2.11. The number of hydrogen-bond donors (Lipinski definition) is 1. The van der Waals surface area contributed by atoms with Gasteiger partial charge in [-0.3, -0.25) is 0 Å². The highest BCUT2D eigenvalue weighted by atomic mass is 35.5. The van der Waals surface area contributed by atoms with Crippen molar-refractivity contribution in [2.24, 2.45) is 0 Å². The molecule has 98 valence electrons. The largest absolute Gasteiger partial charge is 0.396 e. The molecule has 0 amide bonds. The molecular weight excluding hydrogens is 220 g/mol. The highest BCUT2D eigenvalue weighted by molar-refractivity contribution is 6.17. The maximum Gasteiger partial charge on any atom is 0.0431 e. The van der Waals surface area contributed by atoms with Crippen molar-refractivity contribution in [2.75, 3.05) is 12.5 Å². The van der Waals surface area contributed by atoms with Crippen molar-refractivity contribution in [3.8, 4) is 0 Å². The SMILES string of the molecule is OCCCCCCCCCCCCCCCl. The lowest BCUT2D eigenvalue weighted by Gasteiger charge is -2.02. The van der Waals surface area contributed by atoms with E-state index in [1.165, 1.54) is 70.6 Å². The van der Waals surface area contributed by atoms with Gasteiger partial charge < -0.3 is 5.11 Å². The number of hydrogen-bond acceptors (Lipinski definition) is 1. The van der Waals surface area contributed by atoms with Gasteiger partial charge in [-0.25, -0.2) is 0 Å². The number of aliphatic hydroxyl groups is 1. The Balaban J connectivity index is 2.83. The van der Waals surface area contributed by atoms with Crippen LogP contribution in [0.1, 0.15) is 77.0 Å². The van der Waals surface area contributed by atoms with Crippen LogP contribution in [-0.2, 0) is 0 Å². The fourth-order valence-corrected chi connectivity index (χ4v) is 2.16. The lowest BCUT2D eigenvalue weighted by molar-refractivity contribution is 0.282. The molecule has 0 aliphatic rings. The van der Waals surface area contributed by atoms with E-state index >= 15 is 0 Å². The molecule has 1 N–H and O–H groups in total. The fourth-order valence-electron chi connectivity index (χ4n) is 1.97.